The van der Waals surface area contributed by atoms with E-state index in [-0.39, 0.29) is 11.5 Å². The maximum Gasteiger partial charge on any atom is 0.261 e. The molecule has 0 aliphatic carbocycles. The quantitative estimate of drug-likeness (QED) is 0.390. The summed E-state index contributed by atoms with van der Waals surface area (Å²) in [6.45, 7) is 4.78. The van der Waals surface area contributed by atoms with Crippen LogP contribution in [-0.4, -0.2) is 17.4 Å². The van der Waals surface area contributed by atoms with Crippen LogP contribution in [-0.2, 0) is 4.79 Å². The molecule has 25 heavy (non-hydrogen) atoms. The van der Waals surface area contributed by atoms with Crippen molar-refractivity contribution >= 4 is 22.9 Å². The van der Waals surface area contributed by atoms with Gasteiger partial charge in [0, 0.05) is 28.7 Å². The van der Waals surface area contributed by atoms with Gasteiger partial charge in [0.15, 0.2) is 0 Å². The van der Waals surface area contributed by atoms with Gasteiger partial charge < -0.3 is 10.3 Å². The van der Waals surface area contributed by atoms with Crippen LogP contribution in [0.3, 0.4) is 0 Å². The van der Waals surface area contributed by atoms with Gasteiger partial charge in [0.05, 0.1) is 0 Å². The van der Waals surface area contributed by atoms with Gasteiger partial charge in [0.2, 0.25) is 0 Å². The molecule has 1 aromatic heterocycles. The first kappa shape index (κ1) is 18.8. The number of hydrogen-bond donors (Lipinski definition) is 2. The largest absolute Gasteiger partial charge is 0.358 e. The number of unbranched alkanes of at least 4 members (excludes halogenated alkanes) is 5. The molecule has 0 unspecified atom stereocenters. The molecule has 0 aliphatic rings. The van der Waals surface area contributed by atoms with E-state index in [9.17, 15) is 10.1 Å². The van der Waals surface area contributed by atoms with Crippen LogP contribution in [0.1, 0.15) is 56.7 Å². The number of para-hydroxylation sites is 1. The first-order chi connectivity index (χ1) is 12.2. The summed E-state index contributed by atoms with van der Waals surface area (Å²) in [7, 11) is 0. The molecule has 132 valence electrons. The molecule has 1 aromatic carbocycles. The number of rotatable bonds is 9. The van der Waals surface area contributed by atoms with Crippen LogP contribution in [0, 0.1) is 18.3 Å². The zero-order valence-corrected chi connectivity index (χ0v) is 15.2. The van der Waals surface area contributed by atoms with Crippen molar-refractivity contribution in [1.29, 1.82) is 5.26 Å². The van der Waals surface area contributed by atoms with Crippen molar-refractivity contribution in [2.24, 2.45) is 0 Å². The molecule has 0 fully saturated rings. The van der Waals surface area contributed by atoms with Crippen LogP contribution in [0.4, 0.5) is 0 Å². The van der Waals surface area contributed by atoms with Crippen LogP contribution in [0.25, 0.3) is 17.0 Å². The summed E-state index contributed by atoms with van der Waals surface area (Å²) in [5.41, 5.74) is 3.02. The van der Waals surface area contributed by atoms with Crippen LogP contribution in [0.2, 0.25) is 0 Å². The van der Waals surface area contributed by atoms with Crippen LogP contribution in [0.15, 0.2) is 29.8 Å². The third-order valence-corrected chi connectivity index (χ3v) is 4.41. The third kappa shape index (κ3) is 5.22. The predicted molar refractivity (Wildman–Crippen MR) is 103 cm³/mol. The molecule has 0 radical (unpaired) electrons. The van der Waals surface area contributed by atoms with Crippen molar-refractivity contribution in [1.82, 2.24) is 10.3 Å². The van der Waals surface area contributed by atoms with Crippen molar-refractivity contribution in [3.63, 3.8) is 0 Å². The number of benzene rings is 1. The number of hydrogen-bond acceptors (Lipinski definition) is 2. The van der Waals surface area contributed by atoms with Gasteiger partial charge in [0.25, 0.3) is 5.91 Å². The normalized spacial score (nSPS) is 11.5. The molecule has 4 heteroatoms. The number of aryl methyl sites for hydroxylation is 1. The predicted octanol–water partition coefficient (Wildman–Crippen LogP) is 4.86. The molecule has 2 rings (SSSR count). The number of amides is 1. The SMILES string of the molecule is CCCCCCCCNC(=O)C(C#N)=Cc1c(C)[nH]c2ccccc12. The number of fused-ring (bicyclic) bond motifs is 1. The molecule has 0 saturated heterocycles. The molecule has 4 nitrogen and oxygen atoms in total. The van der Waals surface area contributed by atoms with Gasteiger partial charge in [-0.05, 0) is 25.5 Å². The molecule has 0 bridgehead atoms. The van der Waals surface area contributed by atoms with E-state index >= 15 is 0 Å². The average Bonchev–Trinajstić information content (AvgIpc) is 2.93. The van der Waals surface area contributed by atoms with Gasteiger partial charge in [-0.15, -0.1) is 0 Å². The van der Waals surface area contributed by atoms with Crippen molar-refractivity contribution in [3.8, 4) is 6.07 Å². The molecule has 2 N–H and O–H groups in total. The summed E-state index contributed by atoms with van der Waals surface area (Å²) < 4.78 is 0. The zero-order chi connectivity index (χ0) is 18.1. The smallest absolute Gasteiger partial charge is 0.261 e. The average molecular weight is 337 g/mol. The number of aromatic amines is 1. The van der Waals surface area contributed by atoms with Crippen molar-refractivity contribution in [2.75, 3.05) is 6.54 Å². The zero-order valence-electron chi connectivity index (χ0n) is 15.2. The number of H-pyrrole nitrogens is 1. The lowest BCUT2D eigenvalue weighted by molar-refractivity contribution is -0.117. The Morgan fingerprint density at radius 2 is 1.92 bits per heavy atom. The summed E-state index contributed by atoms with van der Waals surface area (Å²) in [4.78, 5) is 15.6. The first-order valence-electron chi connectivity index (χ1n) is 9.14. The Morgan fingerprint density at radius 3 is 2.68 bits per heavy atom. The number of carbonyl (C=O) groups excluding carboxylic acids is 1. The lowest BCUT2D eigenvalue weighted by Gasteiger charge is -2.04. The van der Waals surface area contributed by atoms with Crippen LogP contribution < -0.4 is 5.32 Å². The summed E-state index contributed by atoms with van der Waals surface area (Å²) in [6.07, 6.45) is 8.74. The Morgan fingerprint density at radius 1 is 1.20 bits per heavy atom. The molecular weight excluding hydrogens is 310 g/mol. The number of carbonyl (C=O) groups is 1. The number of nitriles is 1. The summed E-state index contributed by atoms with van der Waals surface area (Å²) in [5.74, 6) is -0.291. The standard InChI is InChI=1S/C21H27N3O/c1-3-4-5-6-7-10-13-23-21(25)17(15-22)14-19-16(2)24-20-12-9-8-11-18(19)20/h8-9,11-12,14,24H,3-7,10,13H2,1-2H3,(H,23,25). The summed E-state index contributed by atoms with van der Waals surface area (Å²) >= 11 is 0. The Hall–Kier alpha value is -2.54. The highest BCUT2D eigenvalue weighted by molar-refractivity contribution is 6.04. The molecule has 1 amide bonds. The van der Waals surface area contributed by atoms with E-state index in [1.807, 2.05) is 37.3 Å². The van der Waals surface area contributed by atoms with Gasteiger partial charge in [-0.25, -0.2) is 0 Å². The minimum atomic E-state index is -0.291. The number of nitrogens with one attached hydrogen (secondary N) is 2. The van der Waals surface area contributed by atoms with E-state index in [2.05, 4.69) is 17.2 Å². The van der Waals surface area contributed by atoms with E-state index in [0.717, 1.165) is 35.0 Å². The molecule has 1 heterocycles. The molecular formula is C21H27N3O. The van der Waals surface area contributed by atoms with Gasteiger partial charge in [-0.1, -0.05) is 57.2 Å². The second-order valence-corrected chi connectivity index (χ2v) is 6.40. The van der Waals surface area contributed by atoms with Crippen LogP contribution >= 0.6 is 0 Å². The summed E-state index contributed by atoms with van der Waals surface area (Å²) in [5, 5.41) is 13.3. The van der Waals surface area contributed by atoms with Crippen LogP contribution in [0.5, 0.6) is 0 Å². The highest BCUT2D eigenvalue weighted by Gasteiger charge is 2.12. The molecule has 0 spiro atoms. The monoisotopic (exact) mass is 337 g/mol. The Labute approximate surface area is 149 Å². The lowest BCUT2D eigenvalue weighted by atomic mass is 10.1. The Kier molecular flexibility index (Phi) is 7.28. The Balaban J connectivity index is 1.96. The van der Waals surface area contributed by atoms with E-state index in [4.69, 9.17) is 0 Å². The fourth-order valence-corrected chi connectivity index (χ4v) is 2.98. The van der Waals surface area contributed by atoms with Gasteiger partial charge in [0.1, 0.15) is 11.6 Å². The van der Waals surface area contributed by atoms with Crippen molar-refractivity contribution < 1.29 is 4.79 Å². The van der Waals surface area contributed by atoms with Crippen molar-refractivity contribution in [3.05, 3.63) is 41.1 Å². The maximum absolute atomic E-state index is 12.3. The molecule has 0 atom stereocenters. The second kappa shape index (κ2) is 9.68. The van der Waals surface area contributed by atoms with Gasteiger partial charge in [-0.2, -0.15) is 5.26 Å². The van der Waals surface area contributed by atoms with E-state index in [1.165, 1.54) is 25.7 Å². The molecule has 0 saturated carbocycles. The number of aromatic nitrogens is 1. The Bertz CT molecular complexity index is 780. The highest BCUT2D eigenvalue weighted by atomic mass is 16.1. The third-order valence-electron chi connectivity index (χ3n) is 4.41. The minimum absolute atomic E-state index is 0.152. The lowest BCUT2D eigenvalue weighted by Crippen LogP contribution is -2.25. The van der Waals surface area contributed by atoms with Crippen molar-refractivity contribution in [2.45, 2.75) is 52.4 Å². The number of nitrogens with zero attached hydrogens (tertiary/aromatic N) is 1. The highest BCUT2D eigenvalue weighted by Crippen LogP contribution is 2.24. The topological polar surface area (TPSA) is 68.7 Å². The fourth-order valence-electron chi connectivity index (χ4n) is 2.98. The van der Waals surface area contributed by atoms with E-state index in [1.54, 1.807) is 6.08 Å². The van der Waals surface area contributed by atoms with Gasteiger partial charge in [-0.3, -0.25) is 4.79 Å². The molecule has 2 aromatic rings. The minimum Gasteiger partial charge on any atom is -0.358 e. The first-order valence-corrected chi connectivity index (χ1v) is 9.14. The van der Waals surface area contributed by atoms with E-state index < -0.39 is 0 Å². The second-order valence-electron chi connectivity index (χ2n) is 6.40. The maximum atomic E-state index is 12.3. The summed E-state index contributed by atoms with van der Waals surface area (Å²) in [6, 6.07) is 9.94. The van der Waals surface area contributed by atoms with Gasteiger partial charge >= 0.3 is 0 Å². The van der Waals surface area contributed by atoms with E-state index in [0.29, 0.717) is 6.54 Å². The molecule has 0 aliphatic heterocycles. The fraction of sp³-hybridized carbons (Fsp3) is 0.429.